The molecule has 6 nitrogen and oxygen atoms in total. The van der Waals surface area contributed by atoms with Gasteiger partial charge in [0.1, 0.15) is 13.2 Å². The summed E-state index contributed by atoms with van der Waals surface area (Å²) in [6, 6.07) is 0. The second kappa shape index (κ2) is 51.2. The van der Waals surface area contributed by atoms with Gasteiger partial charge < -0.3 is 14.2 Å². The molecule has 0 aromatic rings. The highest BCUT2D eigenvalue weighted by Crippen LogP contribution is 2.15. The molecule has 0 amide bonds. The molecule has 0 saturated heterocycles. The van der Waals surface area contributed by atoms with Crippen molar-refractivity contribution >= 4 is 17.9 Å². The summed E-state index contributed by atoms with van der Waals surface area (Å²) >= 11 is 0. The standard InChI is InChI=1S/C57H96O6/c1-4-7-10-13-16-19-22-25-28-31-34-37-40-43-46-49-55(58)61-52-54(63-57(60)51-48-45-42-39-36-33-30-27-24-21-18-15-12-9-6-3)53-62-56(59)50-47-44-41-38-35-32-29-26-23-20-17-14-11-8-5-2/h7,10,13,16,18-19,21-22,24-25,27-28,31,34,54H,4-6,8-9,11-12,14-15,17,20,23,26,29-30,32-33,35-53H2,1-3H3/b10-7-,16-13-,21-18-,22-19-,27-24-,28-25-,34-31-. The number of carbonyl (C=O) groups excluding carboxylic acids is 3. The van der Waals surface area contributed by atoms with E-state index in [1.807, 2.05) is 48.6 Å². The number of esters is 3. The predicted octanol–water partition coefficient (Wildman–Crippen LogP) is 17.2. The van der Waals surface area contributed by atoms with Crippen LogP contribution < -0.4 is 0 Å². The summed E-state index contributed by atoms with van der Waals surface area (Å²) < 4.78 is 16.8. The van der Waals surface area contributed by atoms with E-state index in [1.165, 1.54) is 116 Å². The van der Waals surface area contributed by atoms with Crippen LogP contribution in [-0.2, 0) is 28.6 Å². The maximum Gasteiger partial charge on any atom is 0.306 e. The van der Waals surface area contributed by atoms with Crippen molar-refractivity contribution < 1.29 is 28.6 Å². The first-order chi connectivity index (χ1) is 31.0. The van der Waals surface area contributed by atoms with E-state index in [-0.39, 0.29) is 31.1 Å². The summed E-state index contributed by atoms with van der Waals surface area (Å²) in [4.78, 5) is 38.0. The van der Waals surface area contributed by atoms with E-state index >= 15 is 0 Å². The van der Waals surface area contributed by atoms with Gasteiger partial charge in [0.05, 0.1) is 0 Å². The molecule has 0 spiro atoms. The fourth-order valence-corrected chi connectivity index (χ4v) is 7.10. The Morgan fingerprint density at radius 2 is 0.619 bits per heavy atom. The van der Waals surface area contributed by atoms with Crippen LogP contribution in [0.15, 0.2) is 85.1 Å². The van der Waals surface area contributed by atoms with Crippen LogP contribution in [0.25, 0.3) is 0 Å². The summed E-state index contributed by atoms with van der Waals surface area (Å²) in [6.07, 6.45) is 65.6. The zero-order valence-electron chi connectivity index (χ0n) is 41.1. The zero-order chi connectivity index (χ0) is 45.8. The van der Waals surface area contributed by atoms with E-state index in [2.05, 4.69) is 57.2 Å². The normalized spacial score (nSPS) is 12.7. The first-order valence-electron chi connectivity index (χ1n) is 26.2. The lowest BCUT2D eigenvalue weighted by Gasteiger charge is -2.18. The summed E-state index contributed by atoms with van der Waals surface area (Å²) in [5.41, 5.74) is 0. The van der Waals surface area contributed by atoms with Crippen LogP contribution in [-0.4, -0.2) is 37.2 Å². The first kappa shape index (κ1) is 59.6. The van der Waals surface area contributed by atoms with Gasteiger partial charge in [-0.15, -0.1) is 0 Å². The highest BCUT2D eigenvalue weighted by Gasteiger charge is 2.19. The first-order valence-corrected chi connectivity index (χ1v) is 26.2. The fourth-order valence-electron chi connectivity index (χ4n) is 7.10. The Balaban J connectivity index is 4.47. The van der Waals surface area contributed by atoms with Gasteiger partial charge in [0, 0.05) is 19.3 Å². The quantitative estimate of drug-likeness (QED) is 0.0262. The number of hydrogen-bond acceptors (Lipinski definition) is 6. The van der Waals surface area contributed by atoms with E-state index in [1.54, 1.807) is 0 Å². The van der Waals surface area contributed by atoms with Gasteiger partial charge in [0.15, 0.2) is 6.10 Å². The molecule has 0 aromatic heterocycles. The lowest BCUT2D eigenvalue weighted by Crippen LogP contribution is -2.30. The Hall–Kier alpha value is -3.41. The molecule has 0 saturated carbocycles. The fraction of sp³-hybridized carbons (Fsp3) is 0.702. The third-order valence-corrected chi connectivity index (χ3v) is 11.0. The minimum atomic E-state index is -0.798. The molecule has 0 radical (unpaired) electrons. The maximum atomic E-state index is 12.8. The minimum Gasteiger partial charge on any atom is -0.462 e. The smallest absolute Gasteiger partial charge is 0.306 e. The minimum absolute atomic E-state index is 0.0940. The van der Waals surface area contributed by atoms with Gasteiger partial charge in [0.25, 0.3) is 0 Å². The van der Waals surface area contributed by atoms with Crippen LogP contribution in [0.1, 0.15) is 239 Å². The number of rotatable bonds is 46. The van der Waals surface area contributed by atoms with Crippen molar-refractivity contribution in [1.82, 2.24) is 0 Å². The second-order valence-corrected chi connectivity index (χ2v) is 17.2. The molecule has 0 heterocycles. The van der Waals surface area contributed by atoms with Crippen LogP contribution >= 0.6 is 0 Å². The Labute approximate surface area is 388 Å². The summed E-state index contributed by atoms with van der Waals surface area (Å²) in [6.45, 7) is 6.42. The largest absolute Gasteiger partial charge is 0.462 e. The van der Waals surface area contributed by atoms with Gasteiger partial charge in [-0.1, -0.05) is 241 Å². The third-order valence-electron chi connectivity index (χ3n) is 11.0. The third kappa shape index (κ3) is 49.5. The molecule has 0 N–H and O–H groups in total. The molecule has 6 heteroatoms. The van der Waals surface area contributed by atoms with Crippen molar-refractivity contribution in [3.05, 3.63) is 85.1 Å². The molecular formula is C57H96O6. The second-order valence-electron chi connectivity index (χ2n) is 17.2. The average Bonchev–Trinajstić information content (AvgIpc) is 3.28. The molecular weight excluding hydrogens is 781 g/mol. The zero-order valence-corrected chi connectivity index (χ0v) is 41.1. The summed E-state index contributed by atoms with van der Waals surface area (Å²) in [7, 11) is 0. The molecule has 0 aliphatic rings. The number of ether oxygens (including phenoxy) is 3. The molecule has 1 unspecified atom stereocenters. The molecule has 0 rings (SSSR count). The molecule has 0 fully saturated rings. The highest BCUT2D eigenvalue weighted by molar-refractivity contribution is 5.71. The molecule has 63 heavy (non-hydrogen) atoms. The van der Waals surface area contributed by atoms with Crippen molar-refractivity contribution in [2.45, 2.75) is 245 Å². The number of unbranched alkanes of at least 4 members (excludes halogenated alkanes) is 26. The SMILES string of the molecule is CC\C=C/C=C\C=C/C=C\C=C/CCCCCC(=O)OCC(COC(=O)CCCCCCCCCCCCCCCCC)OC(=O)CCCCCCCC/C=C\C=C/CCCCC. The Bertz CT molecular complexity index is 1240. The van der Waals surface area contributed by atoms with Crippen LogP contribution in [0.4, 0.5) is 0 Å². The Morgan fingerprint density at radius 3 is 1.03 bits per heavy atom. The molecule has 1 atom stereocenters. The Morgan fingerprint density at radius 1 is 0.333 bits per heavy atom. The molecule has 360 valence electrons. The van der Waals surface area contributed by atoms with E-state index in [9.17, 15) is 14.4 Å². The van der Waals surface area contributed by atoms with E-state index in [0.29, 0.717) is 19.3 Å². The number of hydrogen-bond donors (Lipinski definition) is 0. The molecule has 0 aliphatic carbocycles. The van der Waals surface area contributed by atoms with E-state index in [4.69, 9.17) is 14.2 Å². The van der Waals surface area contributed by atoms with Crippen molar-refractivity contribution in [3.63, 3.8) is 0 Å². The van der Waals surface area contributed by atoms with Crippen LogP contribution in [0.5, 0.6) is 0 Å². The number of carbonyl (C=O) groups is 3. The van der Waals surface area contributed by atoms with Crippen LogP contribution in [0, 0.1) is 0 Å². The van der Waals surface area contributed by atoms with Crippen LogP contribution in [0.2, 0.25) is 0 Å². The van der Waals surface area contributed by atoms with Gasteiger partial charge in [0.2, 0.25) is 0 Å². The van der Waals surface area contributed by atoms with Gasteiger partial charge in [-0.25, -0.2) is 0 Å². The maximum absolute atomic E-state index is 12.8. The molecule has 0 bridgehead atoms. The summed E-state index contributed by atoms with van der Waals surface area (Å²) in [5, 5.41) is 0. The van der Waals surface area contributed by atoms with Crippen molar-refractivity contribution in [1.29, 1.82) is 0 Å². The summed E-state index contributed by atoms with van der Waals surface area (Å²) in [5.74, 6) is -0.947. The predicted molar refractivity (Wildman–Crippen MR) is 270 cm³/mol. The lowest BCUT2D eigenvalue weighted by atomic mass is 10.0. The van der Waals surface area contributed by atoms with Gasteiger partial charge in [-0.2, -0.15) is 0 Å². The lowest BCUT2D eigenvalue weighted by molar-refractivity contribution is -0.167. The molecule has 0 aromatic carbocycles. The van der Waals surface area contributed by atoms with E-state index in [0.717, 1.165) is 83.5 Å². The van der Waals surface area contributed by atoms with E-state index < -0.39 is 6.10 Å². The van der Waals surface area contributed by atoms with Crippen molar-refractivity contribution in [2.24, 2.45) is 0 Å². The van der Waals surface area contributed by atoms with Crippen molar-refractivity contribution in [2.75, 3.05) is 13.2 Å². The van der Waals surface area contributed by atoms with Gasteiger partial charge in [-0.3, -0.25) is 14.4 Å². The topological polar surface area (TPSA) is 78.9 Å². The monoisotopic (exact) mass is 877 g/mol. The highest BCUT2D eigenvalue weighted by atomic mass is 16.6. The van der Waals surface area contributed by atoms with Crippen LogP contribution in [0.3, 0.4) is 0 Å². The molecule has 0 aliphatic heterocycles. The van der Waals surface area contributed by atoms with Gasteiger partial charge in [-0.05, 0) is 64.2 Å². The Kier molecular flexibility index (Phi) is 48.5. The van der Waals surface area contributed by atoms with Gasteiger partial charge >= 0.3 is 17.9 Å². The average molecular weight is 877 g/mol. The number of allylic oxidation sites excluding steroid dienone is 14. The van der Waals surface area contributed by atoms with Crippen molar-refractivity contribution in [3.8, 4) is 0 Å².